The molecule has 0 fully saturated rings. The molecule has 0 atom stereocenters. The zero-order chi connectivity index (χ0) is 11.2. The number of ether oxygens (including phenoxy) is 1. The van der Waals surface area contributed by atoms with Gasteiger partial charge in [-0.15, -0.1) is 0 Å². The molecule has 0 aliphatic carbocycles. The number of carbonyl (C=O) groups is 2. The van der Waals surface area contributed by atoms with Gasteiger partial charge in [-0.1, -0.05) is 6.58 Å². The van der Waals surface area contributed by atoms with Gasteiger partial charge in [0.05, 0.1) is 6.42 Å². The van der Waals surface area contributed by atoms with E-state index in [2.05, 4.69) is 11.3 Å². The van der Waals surface area contributed by atoms with Gasteiger partial charge in [-0.25, -0.2) is 4.79 Å². The highest BCUT2D eigenvalue weighted by molar-refractivity contribution is 6.71. The standard InChI is InChI=1S/C9H16O4Si/c1-5-8(10)12-7-6-9(11)13-14(2,3)4/h5H,1,6-7H2,2-4H3. The molecule has 0 aliphatic rings. The second kappa shape index (κ2) is 5.59. The first kappa shape index (κ1) is 12.9. The number of esters is 1. The summed E-state index contributed by atoms with van der Waals surface area (Å²) in [6, 6.07) is 0. The Morgan fingerprint density at radius 2 is 1.93 bits per heavy atom. The van der Waals surface area contributed by atoms with Gasteiger partial charge >= 0.3 is 5.97 Å². The Balaban J connectivity index is 3.65. The van der Waals surface area contributed by atoms with Crippen LogP contribution in [0.4, 0.5) is 0 Å². The van der Waals surface area contributed by atoms with Gasteiger partial charge in [0.2, 0.25) is 8.32 Å². The zero-order valence-electron chi connectivity index (χ0n) is 8.83. The Kier molecular flexibility index (Phi) is 5.15. The van der Waals surface area contributed by atoms with Crippen molar-refractivity contribution in [3.63, 3.8) is 0 Å². The van der Waals surface area contributed by atoms with E-state index >= 15 is 0 Å². The van der Waals surface area contributed by atoms with E-state index in [1.165, 1.54) is 0 Å². The Morgan fingerprint density at radius 3 is 2.36 bits per heavy atom. The van der Waals surface area contributed by atoms with Crippen molar-refractivity contribution in [3.05, 3.63) is 12.7 Å². The molecule has 5 heteroatoms. The third-order valence-corrected chi connectivity index (χ3v) is 1.98. The Hall–Kier alpha value is -1.10. The number of carbonyl (C=O) groups excluding carboxylic acids is 2. The van der Waals surface area contributed by atoms with Crippen molar-refractivity contribution in [2.24, 2.45) is 0 Å². The molecule has 0 bridgehead atoms. The normalized spacial score (nSPS) is 10.5. The molecule has 0 saturated heterocycles. The first-order valence-electron chi connectivity index (χ1n) is 4.36. The van der Waals surface area contributed by atoms with Gasteiger partial charge in [0, 0.05) is 6.08 Å². The van der Waals surface area contributed by atoms with Crippen LogP contribution in [0.1, 0.15) is 6.42 Å². The highest BCUT2D eigenvalue weighted by Crippen LogP contribution is 2.04. The lowest BCUT2D eigenvalue weighted by Crippen LogP contribution is -2.29. The smallest absolute Gasteiger partial charge is 0.330 e. The first-order valence-corrected chi connectivity index (χ1v) is 7.77. The molecule has 0 spiro atoms. The van der Waals surface area contributed by atoms with E-state index in [4.69, 9.17) is 4.43 Å². The quantitative estimate of drug-likeness (QED) is 0.397. The van der Waals surface area contributed by atoms with Crippen molar-refractivity contribution < 1.29 is 18.8 Å². The zero-order valence-corrected chi connectivity index (χ0v) is 9.83. The molecule has 0 heterocycles. The fraction of sp³-hybridized carbons (Fsp3) is 0.556. The predicted octanol–water partition coefficient (Wildman–Crippen LogP) is 1.48. The summed E-state index contributed by atoms with van der Waals surface area (Å²) in [5.74, 6) is -0.841. The van der Waals surface area contributed by atoms with Crippen LogP contribution in [0, 0.1) is 0 Å². The second-order valence-corrected chi connectivity index (χ2v) is 8.14. The minimum atomic E-state index is -1.82. The fourth-order valence-corrected chi connectivity index (χ4v) is 1.47. The van der Waals surface area contributed by atoms with Crippen molar-refractivity contribution >= 4 is 20.3 Å². The van der Waals surface area contributed by atoms with Crippen molar-refractivity contribution in [2.75, 3.05) is 6.61 Å². The fourth-order valence-electron chi connectivity index (χ4n) is 0.686. The molecule has 0 aromatic carbocycles. The van der Waals surface area contributed by atoms with Crippen molar-refractivity contribution in [1.82, 2.24) is 0 Å². The Morgan fingerprint density at radius 1 is 1.36 bits per heavy atom. The topological polar surface area (TPSA) is 52.6 Å². The summed E-state index contributed by atoms with van der Waals surface area (Å²) < 4.78 is 9.77. The van der Waals surface area contributed by atoms with Crippen LogP contribution in [0.25, 0.3) is 0 Å². The van der Waals surface area contributed by atoms with Crippen molar-refractivity contribution in [1.29, 1.82) is 0 Å². The van der Waals surface area contributed by atoms with Gasteiger partial charge in [0.15, 0.2) is 0 Å². The third kappa shape index (κ3) is 7.54. The van der Waals surface area contributed by atoms with Crippen LogP contribution in [0.3, 0.4) is 0 Å². The maximum atomic E-state index is 11.1. The summed E-state index contributed by atoms with van der Waals surface area (Å²) in [5, 5.41) is 0. The van der Waals surface area contributed by atoms with E-state index in [0.29, 0.717) is 0 Å². The average Bonchev–Trinajstić information content (AvgIpc) is 2.00. The maximum Gasteiger partial charge on any atom is 0.330 e. The second-order valence-electron chi connectivity index (χ2n) is 3.71. The van der Waals surface area contributed by atoms with Gasteiger partial charge < -0.3 is 9.16 Å². The van der Waals surface area contributed by atoms with E-state index in [1.54, 1.807) is 0 Å². The van der Waals surface area contributed by atoms with Gasteiger partial charge in [-0.2, -0.15) is 0 Å². The van der Waals surface area contributed by atoms with E-state index in [1.807, 2.05) is 19.6 Å². The number of hydrogen-bond acceptors (Lipinski definition) is 4. The third-order valence-electron chi connectivity index (χ3n) is 1.14. The van der Waals surface area contributed by atoms with Crippen LogP contribution < -0.4 is 0 Å². The monoisotopic (exact) mass is 216 g/mol. The predicted molar refractivity (Wildman–Crippen MR) is 55.2 cm³/mol. The van der Waals surface area contributed by atoms with E-state index in [9.17, 15) is 9.59 Å². The lowest BCUT2D eigenvalue weighted by Gasteiger charge is -2.16. The largest absolute Gasteiger partial charge is 0.520 e. The van der Waals surface area contributed by atoms with Crippen LogP contribution >= 0.6 is 0 Å². The summed E-state index contributed by atoms with van der Waals surface area (Å²) in [4.78, 5) is 21.7. The summed E-state index contributed by atoms with van der Waals surface area (Å²) >= 11 is 0. The van der Waals surface area contributed by atoms with Crippen LogP contribution in [-0.4, -0.2) is 26.9 Å². The van der Waals surface area contributed by atoms with Crippen LogP contribution in [-0.2, 0) is 18.8 Å². The molecule has 80 valence electrons. The molecule has 0 rings (SSSR count). The SMILES string of the molecule is C=CC(=O)OCCC(=O)O[Si](C)(C)C. The van der Waals surface area contributed by atoms with Crippen LogP contribution in [0.15, 0.2) is 12.7 Å². The molecule has 0 amide bonds. The van der Waals surface area contributed by atoms with Gasteiger partial charge in [0.1, 0.15) is 6.61 Å². The summed E-state index contributed by atoms with van der Waals surface area (Å²) in [6.45, 7) is 9.04. The summed E-state index contributed by atoms with van der Waals surface area (Å²) in [7, 11) is -1.82. The van der Waals surface area contributed by atoms with E-state index < -0.39 is 14.3 Å². The minimum Gasteiger partial charge on any atom is -0.520 e. The molecule has 14 heavy (non-hydrogen) atoms. The Labute approximate surface area is 85.0 Å². The van der Waals surface area contributed by atoms with Crippen LogP contribution in [0.2, 0.25) is 19.6 Å². The van der Waals surface area contributed by atoms with Crippen molar-refractivity contribution in [3.8, 4) is 0 Å². The molecule has 4 nitrogen and oxygen atoms in total. The molecule has 0 saturated carbocycles. The van der Waals surface area contributed by atoms with Gasteiger partial charge in [-0.05, 0) is 19.6 Å². The highest BCUT2D eigenvalue weighted by Gasteiger charge is 2.19. The molecule has 0 aromatic heterocycles. The van der Waals surface area contributed by atoms with Crippen molar-refractivity contribution in [2.45, 2.75) is 26.1 Å². The molecular formula is C9H16O4Si. The van der Waals surface area contributed by atoms with E-state index in [0.717, 1.165) is 6.08 Å². The molecule has 0 aliphatic heterocycles. The molecule has 0 N–H and O–H groups in total. The Bertz CT molecular complexity index is 229. The molecule has 0 radical (unpaired) electrons. The van der Waals surface area contributed by atoms with E-state index in [-0.39, 0.29) is 19.0 Å². The number of rotatable bonds is 5. The maximum absolute atomic E-state index is 11.1. The first-order chi connectivity index (χ1) is 6.35. The summed E-state index contributed by atoms with van der Waals surface area (Å²) in [6.07, 6.45) is 1.16. The summed E-state index contributed by atoms with van der Waals surface area (Å²) in [5.41, 5.74) is 0. The van der Waals surface area contributed by atoms with Crippen LogP contribution in [0.5, 0.6) is 0 Å². The molecule has 0 unspecified atom stereocenters. The lowest BCUT2D eigenvalue weighted by atomic mass is 10.5. The lowest BCUT2D eigenvalue weighted by molar-refractivity contribution is -0.141. The highest BCUT2D eigenvalue weighted by atomic mass is 28.4. The van der Waals surface area contributed by atoms with Gasteiger partial charge in [0.25, 0.3) is 5.97 Å². The average molecular weight is 216 g/mol. The number of hydrogen-bond donors (Lipinski definition) is 0. The molecular weight excluding hydrogens is 200 g/mol. The van der Waals surface area contributed by atoms with Gasteiger partial charge in [-0.3, -0.25) is 4.79 Å². The molecule has 0 aromatic rings. The minimum absolute atomic E-state index is 0.0498.